The number of methoxy groups -OCH3 is 1. The Morgan fingerprint density at radius 1 is 0.911 bits per heavy atom. The summed E-state index contributed by atoms with van der Waals surface area (Å²) in [6, 6.07) is -0.844. The molecule has 0 spiro atoms. The fourth-order valence-electron chi connectivity index (χ4n) is 6.85. The lowest BCUT2D eigenvalue weighted by molar-refractivity contribution is -0.135. The first kappa shape index (κ1) is 41.4. The summed E-state index contributed by atoms with van der Waals surface area (Å²) < 4.78 is 4.74. The number of aromatic nitrogens is 4. The normalized spacial score (nSPS) is 17.6. The molecule has 13 heteroatoms. The number of amides is 4. The predicted molar refractivity (Wildman–Crippen MR) is 218 cm³/mol. The van der Waals surface area contributed by atoms with E-state index in [1.165, 1.54) is 7.11 Å². The van der Waals surface area contributed by atoms with Crippen LogP contribution in [-0.4, -0.2) is 91.9 Å². The van der Waals surface area contributed by atoms with Gasteiger partial charge in [-0.25, -0.2) is 14.8 Å². The zero-order valence-corrected chi connectivity index (χ0v) is 33.4. The van der Waals surface area contributed by atoms with Gasteiger partial charge in [-0.15, -0.1) is 0 Å². The van der Waals surface area contributed by atoms with E-state index in [1.807, 2.05) is 52.0 Å². The fraction of sp³-hybridized carbons (Fsp3) is 0.442. The largest absolute Gasteiger partial charge is 0.453 e. The van der Waals surface area contributed by atoms with E-state index in [2.05, 4.69) is 56.9 Å². The summed E-state index contributed by atoms with van der Waals surface area (Å²) in [5, 5.41) is 5.66. The van der Waals surface area contributed by atoms with E-state index in [9.17, 15) is 19.2 Å². The first-order valence-corrected chi connectivity index (χ1v) is 19.4. The van der Waals surface area contributed by atoms with Gasteiger partial charge < -0.3 is 35.1 Å². The predicted octanol–water partition coefficient (Wildman–Crippen LogP) is 6.58. The summed E-state index contributed by atoms with van der Waals surface area (Å²) in [6.45, 7) is 25.0. The maximum absolute atomic E-state index is 13.7. The van der Waals surface area contributed by atoms with Gasteiger partial charge in [0.1, 0.15) is 24.2 Å². The molecule has 5 rings (SSSR count). The van der Waals surface area contributed by atoms with Crippen LogP contribution in [0.5, 0.6) is 0 Å². The third kappa shape index (κ3) is 10.1. The molecular weight excluding hydrogens is 709 g/mol. The Labute approximate surface area is 329 Å². The van der Waals surface area contributed by atoms with Crippen molar-refractivity contribution in [2.45, 2.75) is 96.8 Å². The smallest absolute Gasteiger partial charge is 0.407 e. The van der Waals surface area contributed by atoms with E-state index < -0.39 is 12.1 Å². The number of aromatic amines is 2. The van der Waals surface area contributed by atoms with Crippen molar-refractivity contribution in [3.8, 4) is 0 Å². The number of carbonyl (C=O) groups excluding carboxylic acids is 4. The Morgan fingerprint density at radius 3 is 2.16 bits per heavy atom. The van der Waals surface area contributed by atoms with Crippen LogP contribution in [0.2, 0.25) is 0 Å². The monoisotopic (exact) mass is 764 g/mol. The summed E-state index contributed by atoms with van der Waals surface area (Å²) in [4.78, 5) is 70.9. The minimum Gasteiger partial charge on any atom is -0.453 e. The first-order chi connectivity index (χ1) is 26.7. The van der Waals surface area contributed by atoms with Gasteiger partial charge in [0.25, 0.3) is 5.91 Å². The third-order valence-corrected chi connectivity index (χ3v) is 10.4. The van der Waals surface area contributed by atoms with Gasteiger partial charge in [0.05, 0.1) is 36.9 Å². The molecule has 0 bridgehead atoms. The summed E-state index contributed by atoms with van der Waals surface area (Å²) in [7, 11) is 1.28. The standard InChI is InChI=1S/C43H56N8O5/c1-25(2)38(49-43(55)56-9)42(54)50-21-11-14-36(50)40-45-23-35(48-40)30(8)18-16-28(6)27(5)15-17-29(7)34-22-44-39(47-34)32-12-10-13-33(32)41(53)51(26(3)4)24-37(52)46-31-19-20-31/h15-18,22-23,25-26,31,36,38H,5-8,10-14,19-21,24H2,1-4,9H3,(H,44,47)(H,45,48)(H,46,52)(H,49,55)/b17-15-,18-16-. The molecule has 2 fully saturated rings. The van der Waals surface area contributed by atoms with Crippen molar-refractivity contribution in [1.82, 2.24) is 40.4 Å². The molecule has 4 N–H and O–H groups in total. The summed E-state index contributed by atoms with van der Waals surface area (Å²) in [6.07, 6.45) is 15.8. The lowest BCUT2D eigenvalue weighted by Gasteiger charge is -2.30. The Hall–Kier alpha value is -5.72. The van der Waals surface area contributed by atoms with Crippen molar-refractivity contribution >= 4 is 40.5 Å². The molecule has 0 radical (unpaired) electrons. The lowest BCUT2D eigenvalue weighted by atomic mass is 10.0. The molecule has 3 aliphatic rings. The Bertz CT molecular complexity index is 1970. The van der Waals surface area contributed by atoms with Crippen molar-refractivity contribution in [2.75, 3.05) is 20.2 Å². The van der Waals surface area contributed by atoms with Crippen LogP contribution in [0.1, 0.15) is 102 Å². The van der Waals surface area contributed by atoms with Crippen molar-refractivity contribution < 1.29 is 23.9 Å². The van der Waals surface area contributed by atoms with E-state index in [4.69, 9.17) is 4.74 Å². The van der Waals surface area contributed by atoms with Gasteiger partial charge in [-0.2, -0.15) is 0 Å². The van der Waals surface area contributed by atoms with E-state index in [-0.39, 0.29) is 48.3 Å². The number of rotatable bonds is 17. The number of imidazole rings is 2. The van der Waals surface area contributed by atoms with Gasteiger partial charge in [-0.05, 0) is 87.0 Å². The average molecular weight is 765 g/mol. The van der Waals surface area contributed by atoms with E-state index in [0.717, 1.165) is 44.1 Å². The molecule has 2 aromatic heterocycles. The number of nitrogens with one attached hydrogen (secondary N) is 4. The van der Waals surface area contributed by atoms with Crippen LogP contribution >= 0.6 is 0 Å². The molecular formula is C43H56N8O5. The zero-order valence-electron chi connectivity index (χ0n) is 33.4. The summed E-state index contributed by atoms with van der Waals surface area (Å²) in [5.41, 5.74) is 5.70. The SMILES string of the molecule is C=C(/C=C\C(=C)c1cnc(C2=C(C(=O)N(CC(=O)NC3CC3)C(C)C)CCC2)[nH]1)C(=C)/C=C\C(=C)c1cnc(C2CCCN2C(=O)C(NC(=O)OC)C(C)C)[nH]1. The van der Waals surface area contributed by atoms with E-state index >= 15 is 0 Å². The maximum Gasteiger partial charge on any atom is 0.407 e. The minimum atomic E-state index is -0.711. The quantitative estimate of drug-likeness (QED) is 0.132. The topological polar surface area (TPSA) is 165 Å². The maximum atomic E-state index is 13.7. The van der Waals surface area contributed by atoms with Gasteiger partial charge in [-0.1, -0.05) is 64.5 Å². The lowest BCUT2D eigenvalue weighted by Crippen LogP contribution is -2.51. The second kappa shape index (κ2) is 18.3. The molecule has 2 unspecified atom stereocenters. The highest BCUT2D eigenvalue weighted by Gasteiger charge is 2.37. The van der Waals surface area contributed by atoms with Crippen molar-refractivity contribution in [1.29, 1.82) is 0 Å². The average Bonchev–Trinajstić information content (AvgIpc) is 3.69. The molecule has 1 saturated heterocycles. The highest BCUT2D eigenvalue weighted by atomic mass is 16.5. The Morgan fingerprint density at radius 2 is 1.55 bits per heavy atom. The summed E-state index contributed by atoms with van der Waals surface area (Å²) in [5.74, 6) is 0.760. The highest BCUT2D eigenvalue weighted by Crippen LogP contribution is 2.35. The molecule has 298 valence electrons. The van der Waals surface area contributed by atoms with Crippen LogP contribution < -0.4 is 10.6 Å². The Balaban J connectivity index is 1.17. The van der Waals surface area contributed by atoms with Crippen LogP contribution in [0, 0.1) is 5.92 Å². The fourth-order valence-corrected chi connectivity index (χ4v) is 6.85. The van der Waals surface area contributed by atoms with Crippen LogP contribution in [-0.2, 0) is 19.1 Å². The van der Waals surface area contributed by atoms with Gasteiger partial charge in [0.2, 0.25) is 11.8 Å². The Kier molecular flexibility index (Phi) is 13.5. The molecule has 0 aromatic carbocycles. The minimum absolute atomic E-state index is 0.0406. The second-order valence-electron chi connectivity index (χ2n) is 15.3. The van der Waals surface area contributed by atoms with Crippen molar-refractivity contribution in [3.05, 3.63) is 103 Å². The number of H-pyrrole nitrogens is 2. The molecule has 13 nitrogen and oxygen atoms in total. The van der Waals surface area contributed by atoms with Gasteiger partial charge in [0.15, 0.2) is 0 Å². The number of carbonyl (C=O) groups is 4. The number of hydrogen-bond donors (Lipinski definition) is 4. The van der Waals surface area contributed by atoms with Crippen molar-refractivity contribution in [3.63, 3.8) is 0 Å². The number of likely N-dealkylation sites (tertiary alicyclic amines) is 1. The molecule has 4 amide bonds. The number of allylic oxidation sites excluding steroid dienone is 9. The van der Waals surface area contributed by atoms with Crippen LogP contribution in [0.25, 0.3) is 16.7 Å². The second-order valence-corrected chi connectivity index (χ2v) is 15.3. The van der Waals surface area contributed by atoms with Gasteiger partial charge in [0, 0.05) is 29.8 Å². The van der Waals surface area contributed by atoms with Gasteiger partial charge >= 0.3 is 6.09 Å². The molecule has 56 heavy (non-hydrogen) atoms. The van der Waals surface area contributed by atoms with E-state index in [0.29, 0.717) is 63.9 Å². The van der Waals surface area contributed by atoms with Crippen molar-refractivity contribution in [2.24, 2.45) is 5.92 Å². The third-order valence-electron chi connectivity index (χ3n) is 10.4. The highest BCUT2D eigenvalue weighted by molar-refractivity contribution is 6.03. The molecule has 2 aromatic rings. The number of nitrogens with zero attached hydrogens (tertiary/aromatic N) is 4. The molecule has 1 aliphatic heterocycles. The molecule has 2 aliphatic carbocycles. The number of ether oxygens (including phenoxy) is 1. The zero-order chi connectivity index (χ0) is 40.7. The summed E-state index contributed by atoms with van der Waals surface area (Å²) >= 11 is 0. The molecule has 2 atom stereocenters. The van der Waals surface area contributed by atoms with Crippen LogP contribution in [0.15, 0.2) is 79.7 Å². The molecule has 3 heterocycles. The van der Waals surface area contributed by atoms with Crippen LogP contribution in [0.3, 0.4) is 0 Å². The van der Waals surface area contributed by atoms with Crippen LogP contribution in [0.4, 0.5) is 4.79 Å². The number of hydrogen-bond acceptors (Lipinski definition) is 7. The van der Waals surface area contributed by atoms with E-state index in [1.54, 1.807) is 22.2 Å². The number of alkyl carbamates (subject to hydrolysis) is 1. The van der Waals surface area contributed by atoms with Gasteiger partial charge in [-0.3, -0.25) is 14.4 Å². The molecule has 1 saturated carbocycles. The first-order valence-electron chi connectivity index (χ1n) is 19.4.